The molecule has 0 saturated carbocycles. The number of anilines is 1. The molecule has 1 aromatic carbocycles. The Balaban J connectivity index is 1.89. The lowest BCUT2D eigenvalue weighted by atomic mass is 10.3. The fourth-order valence-electron chi connectivity index (χ4n) is 1.40. The molecule has 0 fully saturated rings. The van der Waals surface area contributed by atoms with Crippen LogP contribution in [0, 0.1) is 5.82 Å². The number of carbonyl (C=O) groups is 2. The second kappa shape index (κ2) is 6.64. The van der Waals surface area contributed by atoms with Crippen LogP contribution in [0.4, 0.5) is 14.9 Å². The fraction of sp³-hybridized carbons (Fsp3) is 0.0833. The van der Waals surface area contributed by atoms with Gasteiger partial charge in [-0.15, -0.1) is 11.3 Å². The van der Waals surface area contributed by atoms with Crippen LogP contribution in [0.25, 0.3) is 0 Å². The zero-order valence-corrected chi connectivity index (χ0v) is 12.8. The van der Waals surface area contributed by atoms with Gasteiger partial charge in [0.25, 0.3) is 0 Å². The summed E-state index contributed by atoms with van der Waals surface area (Å²) in [7, 11) is 0. The molecule has 9 heteroatoms. The van der Waals surface area contributed by atoms with Crippen LogP contribution in [0.15, 0.2) is 28.1 Å². The Hall–Kier alpha value is -2.00. The van der Waals surface area contributed by atoms with Gasteiger partial charge in [-0.05, 0) is 34.1 Å². The van der Waals surface area contributed by atoms with Crippen LogP contribution in [-0.2, 0) is 6.54 Å². The minimum atomic E-state index is -1.11. The molecule has 0 aliphatic heterocycles. The van der Waals surface area contributed by atoms with Crippen LogP contribution in [0.5, 0.6) is 0 Å². The molecule has 0 radical (unpaired) electrons. The second-order valence-corrected chi connectivity index (χ2v) is 5.67. The van der Waals surface area contributed by atoms with E-state index >= 15 is 0 Å². The predicted molar refractivity (Wildman–Crippen MR) is 79.0 cm³/mol. The normalized spacial score (nSPS) is 10.2. The van der Waals surface area contributed by atoms with Crippen molar-refractivity contribution in [2.75, 3.05) is 5.32 Å². The van der Waals surface area contributed by atoms with Gasteiger partial charge in [-0.2, -0.15) is 0 Å². The standard InChI is InChI=1S/C12H9BrFN3O3S/c13-7-3-6(1-2-8(7)14)16-12(20)15-4-10-17-9(5-21-10)11(18)19/h1-3,5H,4H2,(H,18,19)(H2,15,16,20). The summed E-state index contributed by atoms with van der Waals surface area (Å²) in [4.78, 5) is 26.1. The Kier molecular flexibility index (Phi) is 4.86. The lowest BCUT2D eigenvalue weighted by Gasteiger charge is -2.07. The highest BCUT2D eigenvalue weighted by atomic mass is 79.9. The van der Waals surface area contributed by atoms with Crippen molar-refractivity contribution in [2.24, 2.45) is 0 Å². The van der Waals surface area contributed by atoms with Crippen LogP contribution >= 0.6 is 27.3 Å². The molecule has 1 aromatic heterocycles. The molecule has 6 nitrogen and oxygen atoms in total. The number of amides is 2. The Labute approximate surface area is 131 Å². The Morgan fingerprint density at radius 1 is 1.43 bits per heavy atom. The molecule has 0 spiro atoms. The van der Waals surface area contributed by atoms with Crippen molar-refractivity contribution >= 4 is 45.0 Å². The fourth-order valence-corrected chi connectivity index (χ4v) is 2.48. The van der Waals surface area contributed by atoms with Crippen molar-refractivity contribution in [3.8, 4) is 0 Å². The number of thiazole rings is 1. The molecular weight excluding hydrogens is 365 g/mol. The summed E-state index contributed by atoms with van der Waals surface area (Å²) in [5, 5.41) is 15.7. The van der Waals surface area contributed by atoms with Gasteiger partial charge in [0.05, 0.1) is 11.0 Å². The zero-order valence-electron chi connectivity index (χ0n) is 10.4. The Morgan fingerprint density at radius 3 is 2.81 bits per heavy atom. The molecule has 0 unspecified atom stereocenters. The SMILES string of the molecule is O=C(NCc1nc(C(=O)O)cs1)Nc1ccc(F)c(Br)c1. The summed E-state index contributed by atoms with van der Waals surface area (Å²) in [6.45, 7) is 0.103. The first-order valence-corrected chi connectivity index (χ1v) is 7.30. The average molecular weight is 374 g/mol. The van der Waals surface area contributed by atoms with Crippen LogP contribution < -0.4 is 10.6 Å². The van der Waals surface area contributed by atoms with Gasteiger partial charge in [0.2, 0.25) is 0 Å². The van der Waals surface area contributed by atoms with Gasteiger partial charge >= 0.3 is 12.0 Å². The smallest absolute Gasteiger partial charge is 0.355 e. The number of halogens is 2. The summed E-state index contributed by atoms with van der Waals surface area (Å²) in [6, 6.07) is 3.58. The molecule has 21 heavy (non-hydrogen) atoms. The van der Waals surface area contributed by atoms with Crippen molar-refractivity contribution in [1.82, 2.24) is 10.3 Å². The molecule has 1 heterocycles. The van der Waals surface area contributed by atoms with Crippen molar-refractivity contribution in [3.63, 3.8) is 0 Å². The summed E-state index contributed by atoms with van der Waals surface area (Å²) in [5.74, 6) is -1.54. The number of aromatic nitrogens is 1. The molecule has 2 rings (SSSR count). The number of nitrogens with zero attached hydrogens (tertiary/aromatic N) is 1. The van der Waals surface area contributed by atoms with Crippen molar-refractivity contribution in [1.29, 1.82) is 0 Å². The number of rotatable bonds is 4. The number of carboxylic acids is 1. The summed E-state index contributed by atoms with van der Waals surface area (Å²) >= 11 is 4.16. The largest absolute Gasteiger partial charge is 0.476 e. The number of urea groups is 1. The quantitative estimate of drug-likeness (QED) is 0.767. The topological polar surface area (TPSA) is 91.3 Å². The summed E-state index contributed by atoms with van der Waals surface area (Å²) in [5.41, 5.74) is 0.366. The first-order valence-electron chi connectivity index (χ1n) is 5.63. The van der Waals surface area contributed by atoms with Crippen LogP contribution in [0.1, 0.15) is 15.5 Å². The highest BCUT2D eigenvalue weighted by molar-refractivity contribution is 9.10. The van der Waals surface area contributed by atoms with Gasteiger partial charge in [-0.25, -0.2) is 19.0 Å². The van der Waals surface area contributed by atoms with Crippen LogP contribution in [0.2, 0.25) is 0 Å². The van der Waals surface area contributed by atoms with E-state index in [0.29, 0.717) is 10.7 Å². The number of hydrogen-bond acceptors (Lipinski definition) is 4. The molecule has 0 aliphatic rings. The minimum Gasteiger partial charge on any atom is -0.476 e. The highest BCUT2D eigenvalue weighted by Gasteiger charge is 2.10. The van der Waals surface area contributed by atoms with Gasteiger partial charge in [0.1, 0.15) is 10.8 Å². The predicted octanol–water partition coefficient (Wildman–Crippen LogP) is 3.06. The number of nitrogens with one attached hydrogen (secondary N) is 2. The number of benzene rings is 1. The van der Waals surface area contributed by atoms with E-state index < -0.39 is 17.8 Å². The third-order valence-electron chi connectivity index (χ3n) is 2.35. The number of hydrogen-bond donors (Lipinski definition) is 3. The molecule has 2 amide bonds. The first kappa shape index (κ1) is 15.4. The molecule has 0 saturated heterocycles. The third-order valence-corrected chi connectivity index (χ3v) is 3.81. The Morgan fingerprint density at radius 2 is 2.19 bits per heavy atom. The summed E-state index contributed by atoms with van der Waals surface area (Å²) < 4.78 is 13.3. The van der Waals surface area contributed by atoms with E-state index in [2.05, 4.69) is 31.5 Å². The number of carboxylic acid groups (broad SMARTS) is 1. The van der Waals surface area contributed by atoms with Crippen LogP contribution in [0.3, 0.4) is 0 Å². The van der Waals surface area contributed by atoms with Gasteiger partial charge < -0.3 is 15.7 Å². The molecular formula is C12H9BrFN3O3S. The summed E-state index contributed by atoms with van der Waals surface area (Å²) in [6.07, 6.45) is 0. The van der Waals surface area contributed by atoms with E-state index in [9.17, 15) is 14.0 Å². The van der Waals surface area contributed by atoms with Gasteiger partial charge in [0, 0.05) is 11.1 Å². The maximum atomic E-state index is 13.0. The third kappa shape index (κ3) is 4.23. The lowest BCUT2D eigenvalue weighted by Crippen LogP contribution is -2.28. The first-order chi connectivity index (χ1) is 9.95. The minimum absolute atomic E-state index is 0.0559. The molecule has 2 aromatic rings. The zero-order chi connectivity index (χ0) is 15.4. The van der Waals surface area contributed by atoms with Crippen LogP contribution in [-0.4, -0.2) is 22.1 Å². The van der Waals surface area contributed by atoms with E-state index in [0.717, 1.165) is 11.3 Å². The molecule has 0 aliphatic carbocycles. The van der Waals surface area contributed by atoms with E-state index in [1.54, 1.807) is 0 Å². The van der Waals surface area contributed by atoms with E-state index in [1.165, 1.54) is 23.6 Å². The van der Waals surface area contributed by atoms with E-state index in [-0.39, 0.29) is 16.7 Å². The number of aromatic carboxylic acids is 1. The molecule has 0 atom stereocenters. The second-order valence-electron chi connectivity index (χ2n) is 3.87. The molecule has 3 N–H and O–H groups in total. The average Bonchev–Trinajstić information content (AvgIpc) is 2.90. The lowest BCUT2D eigenvalue weighted by molar-refractivity contribution is 0.0691. The maximum absolute atomic E-state index is 13.0. The van der Waals surface area contributed by atoms with E-state index in [1.807, 2.05) is 0 Å². The van der Waals surface area contributed by atoms with Crippen molar-refractivity contribution in [3.05, 3.63) is 44.6 Å². The van der Waals surface area contributed by atoms with Crippen molar-refractivity contribution < 1.29 is 19.1 Å². The molecule has 0 bridgehead atoms. The highest BCUT2D eigenvalue weighted by Crippen LogP contribution is 2.19. The Bertz CT molecular complexity index is 692. The van der Waals surface area contributed by atoms with Gasteiger partial charge in [0.15, 0.2) is 5.69 Å². The molecule has 110 valence electrons. The van der Waals surface area contributed by atoms with E-state index in [4.69, 9.17) is 5.11 Å². The number of carbonyl (C=O) groups excluding carboxylic acids is 1. The monoisotopic (exact) mass is 373 g/mol. The van der Waals surface area contributed by atoms with Crippen molar-refractivity contribution in [2.45, 2.75) is 6.54 Å². The van der Waals surface area contributed by atoms with Gasteiger partial charge in [-0.3, -0.25) is 0 Å². The van der Waals surface area contributed by atoms with Gasteiger partial charge in [-0.1, -0.05) is 0 Å². The maximum Gasteiger partial charge on any atom is 0.355 e.